The zero-order chi connectivity index (χ0) is 12.3. The molecule has 0 spiro atoms. The average Bonchev–Trinajstić information content (AvgIpc) is 2.85. The van der Waals surface area contributed by atoms with Crippen molar-refractivity contribution in [2.45, 2.75) is 32.9 Å². The molecule has 0 saturated carbocycles. The van der Waals surface area contributed by atoms with Crippen LogP contribution in [0.4, 0.5) is 0 Å². The fourth-order valence-electron chi connectivity index (χ4n) is 1.70. The minimum atomic E-state index is 0.520. The van der Waals surface area contributed by atoms with E-state index in [1.165, 1.54) is 19.1 Å². The molecule has 1 nitrogen and oxygen atoms in total. The maximum Gasteiger partial charge on any atom is 0.0701 e. The van der Waals surface area contributed by atoms with Crippen molar-refractivity contribution >= 4 is 38.6 Å². The van der Waals surface area contributed by atoms with Crippen LogP contribution in [0, 0.1) is 6.92 Å². The predicted molar refractivity (Wildman–Crippen MR) is 81.1 cm³/mol. The van der Waals surface area contributed by atoms with Gasteiger partial charge in [0.2, 0.25) is 0 Å². The molecule has 0 aliphatic heterocycles. The summed E-state index contributed by atoms with van der Waals surface area (Å²) in [6.45, 7) is 5.36. The first kappa shape index (κ1) is 13.3. The second-order valence-electron chi connectivity index (χ2n) is 4.26. The minimum absolute atomic E-state index is 0.520. The van der Waals surface area contributed by atoms with E-state index >= 15 is 0 Å². The van der Waals surface area contributed by atoms with Gasteiger partial charge in [-0.2, -0.15) is 0 Å². The highest BCUT2D eigenvalue weighted by Gasteiger charge is 2.05. The van der Waals surface area contributed by atoms with E-state index in [1.54, 1.807) is 11.3 Å². The topological polar surface area (TPSA) is 12.0 Å². The molecule has 1 N–H and O–H groups in total. The molecular weight excluding hydrogens is 314 g/mol. The molecule has 0 aliphatic rings. The van der Waals surface area contributed by atoms with Crippen LogP contribution in [0.2, 0.25) is 0 Å². The monoisotopic (exact) mass is 329 g/mol. The number of halogens is 1. The Bertz CT molecular complexity index is 475. The molecule has 0 amide bonds. The molecule has 0 fully saturated rings. The third-order valence-corrected chi connectivity index (χ3v) is 5.16. The van der Waals surface area contributed by atoms with Crippen molar-refractivity contribution in [2.75, 3.05) is 0 Å². The summed E-state index contributed by atoms with van der Waals surface area (Å²) in [4.78, 5) is 2.86. The largest absolute Gasteiger partial charge is 0.310 e. The molecule has 92 valence electrons. The van der Waals surface area contributed by atoms with Crippen LogP contribution >= 0.6 is 38.6 Å². The summed E-state index contributed by atoms with van der Waals surface area (Å²) < 4.78 is 1.20. The average molecular weight is 330 g/mol. The molecule has 17 heavy (non-hydrogen) atoms. The smallest absolute Gasteiger partial charge is 0.0701 e. The molecule has 2 rings (SSSR count). The molecule has 0 saturated heterocycles. The van der Waals surface area contributed by atoms with E-state index in [-0.39, 0.29) is 0 Å². The Kier molecular flexibility index (Phi) is 4.79. The van der Waals surface area contributed by atoms with Gasteiger partial charge in [-0.05, 0) is 65.3 Å². The summed E-state index contributed by atoms with van der Waals surface area (Å²) >= 11 is 7.13. The van der Waals surface area contributed by atoms with E-state index in [4.69, 9.17) is 0 Å². The summed E-state index contributed by atoms with van der Waals surface area (Å²) in [7, 11) is 0. The van der Waals surface area contributed by atoms with Gasteiger partial charge in [-0.25, -0.2) is 0 Å². The van der Waals surface area contributed by atoms with Gasteiger partial charge in [-0.15, -0.1) is 22.7 Å². The van der Waals surface area contributed by atoms with Gasteiger partial charge in [0.1, 0.15) is 0 Å². The van der Waals surface area contributed by atoms with E-state index in [0.29, 0.717) is 6.04 Å². The van der Waals surface area contributed by atoms with Crippen molar-refractivity contribution in [3.8, 4) is 0 Å². The molecule has 2 aromatic rings. The first-order valence-electron chi connectivity index (χ1n) is 5.65. The molecule has 0 aromatic carbocycles. The van der Waals surface area contributed by atoms with Gasteiger partial charge in [0.05, 0.1) is 3.79 Å². The van der Waals surface area contributed by atoms with Gasteiger partial charge in [0.25, 0.3) is 0 Å². The number of hydrogen-bond acceptors (Lipinski definition) is 3. The fraction of sp³-hybridized carbons (Fsp3) is 0.385. The highest BCUT2D eigenvalue weighted by Crippen LogP contribution is 2.21. The van der Waals surface area contributed by atoms with E-state index in [2.05, 4.69) is 58.7 Å². The molecule has 1 atom stereocenters. The zero-order valence-electron chi connectivity index (χ0n) is 10.00. The zero-order valence-corrected chi connectivity index (χ0v) is 13.2. The predicted octanol–water partition coefficient (Wildman–Crippen LogP) is 4.60. The van der Waals surface area contributed by atoms with Crippen molar-refractivity contribution in [1.82, 2.24) is 5.32 Å². The summed E-state index contributed by atoms with van der Waals surface area (Å²) in [6, 6.07) is 7.13. The SMILES string of the molecule is Cc1ccc(CC(C)NCc2csc(Br)c2)s1. The van der Waals surface area contributed by atoms with Crippen molar-refractivity contribution in [1.29, 1.82) is 0 Å². The Morgan fingerprint density at radius 3 is 2.82 bits per heavy atom. The molecule has 0 bridgehead atoms. The number of thiophene rings is 2. The Hall–Kier alpha value is -0.160. The highest BCUT2D eigenvalue weighted by atomic mass is 79.9. The fourth-order valence-corrected chi connectivity index (χ4v) is 3.93. The Morgan fingerprint density at radius 2 is 2.24 bits per heavy atom. The van der Waals surface area contributed by atoms with E-state index in [1.807, 2.05) is 11.3 Å². The third-order valence-electron chi connectivity index (χ3n) is 2.58. The molecule has 1 unspecified atom stereocenters. The lowest BCUT2D eigenvalue weighted by atomic mass is 10.2. The summed E-state index contributed by atoms with van der Waals surface area (Å²) in [6.07, 6.45) is 1.11. The summed E-state index contributed by atoms with van der Waals surface area (Å²) in [5.74, 6) is 0. The van der Waals surface area contributed by atoms with Crippen LogP contribution in [-0.4, -0.2) is 6.04 Å². The van der Waals surface area contributed by atoms with Crippen LogP contribution < -0.4 is 5.32 Å². The molecule has 4 heteroatoms. The first-order chi connectivity index (χ1) is 8.13. The summed E-state index contributed by atoms with van der Waals surface area (Å²) in [5.41, 5.74) is 1.36. The number of nitrogens with one attached hydrogen (secondary N) is 1. The van der Waals surface area contributed by atoms with E-state index < -0.39 is 0 Å². The lowest BCUT2D eigenvalue weighted by Gasteiger charge is -2.11. The van der Waals surface area contributed by atoms with Crippen LogP contribution in [0.15, 0.2) is 27.4 Å². The molecule has 0 aliphatic carbocycles. The Labute approximate surface area is 119 Å². The van der Waals surface area contributed by atoms with Crippen molar-refractivity contribution < 1.29 is 0 Å². The summed E-state index contributed by atoms with van der Waals surface area (Å²) in [5, 5.41) is 5.76. The van der Waals surface area contributed by atoms with Crippen molar-refractivity contribution in [3.05, 3.63) is 42.7 Å². The molecule has 2 aromatic heterocycles. The standard InChI is InChI=1S/C13H16BrNS2/c1-9(5-12-4-3-10(2)17-12)15-7-11-6-13(14)16-8-11/h3-4,6,8-9,15H,5,7H2,1-2H3. The molecular formula is C13H16BrNS2. The first-order valence-corrected chi connectivity index (χ1v) is 8.14. The van der Waals surface area contributed by atoms with Crippen molar-refractivity contribution in [3.63, 3.8) is 0 Å². The van der Waals surface area contributed by atoms with Gasteiger partial charge >= 0.3 is 0 Å². The van der Waals surface area contributed by atoms with Gasteiger partial charge in [-0.1, -0.05) is 0 Å². The molecule has 2 heterocycles. The normalized spacial score (nSPS) is 12.9. The van der Waals surface area contributed by atoms with Crippen molar-refractivity contribution in [2.24, 2.45) is 0 Å². The van der Waals surface area contributed by atoms with Gasteiger partial charge in [0, 0.05) is 22.3 Å². The maximum atomic E-state index is 3.56. The Balaban J connectivity index is 1.79. The van der Waals surface area contributed by atoms with Crippen LogP contribution in [0.5, 0.6) is 0 Å². The van der Waals surface area contributed by atoms with Crippen LogP contribution in [0.1, 0.15) is 22.2 Å². The van der Waals surface area contributed by atoms with Crippen LogP contribution in [0.3, 0.4) is 0 Å². The van der Waals surface area contributed by atoms with Gasteiger partial charge in [-0.3, -0.25) is 0 Å². The molecule has 0 radical (unpaired) electrons. The Morgan fingerprint density at radius 1 is 1.41 bits per heavy atom. The minimum Gasteiger partial charge on any atom is -0.310 e. The number of hydrogen-bond donors (Lipinski definition) is 1. The second-order valence-corrected chi connectivity index (χ2v) is 7.92. The highest BCUT2D eigenvalue weighted by molar-refractivity contribution is 9.11. The lowest BCUT2D eigenvalue weighted by molar-refractivity contribution is 0.549. The quantitative estimate of drug-likeness (QED) is 0.845. The van der Waals surface area contributed by atoms with Gasteiger partial charge in [0.15, 0.2) is 0 Å². The lowest BCUT2D eigenvalue weighted by Crippen LogP contribution is -2.26. The number of rotatable bonds is 5. The second kappa shape index (κ2) is 6.14. The van der Waals surface area contributed by atoms with Crippen LogP contribution in [0.25, 0.3) is 0 Å². The van der Waals surface area contributed by atoms with E-state index in [0.717, 1.165) is 13.0 Å². The van der Waals surface area contributed by atoms with Gasteiger partial charge < -0.3 is 5.32 Å². The number of aryl methyl sites for hydroxylation is 1. The van der Waals surface area contributed by atoms with Crippen LogP contribution in [-0.2, 0) is 13.0 Å². The third kappa shape index (κ3) is 4.21. The maximum absolute atomic E-state index is 3.56. The van der Waals surface area contributed by atoms with E-state index in [9.17, 15) is 0 Å².